The lowest BCUT2D eigenvalue weighted by molar-refractivity contribution is -0.121. The fourth-order valence-corrected chi connectivity index (χ4v) is 2.96. The van der Waals surface area contributed by atoms with Crippen molar-refractivity contribution in [2.45, 2.75) is 24.3 Å². The van der Waals surface area contributed by atoms with Crippen molar-refractivity contribution in [3.8, 4) is 10.8 Å². The second kappa shape index (κ2) is 6.18. The fraction of sp³-hybridized carbons (Fsp3) is 0.364. The molecule has 8 heteroatoms. The van der Waals surface area contributed by atoms with Crippen LogP contribution < -0.4 is 11.3 Å². The first kappa shape index (κ1) is 14.0. The predicted octanol–water partition coefficient (Wildman–Crippen LogP) is 1.90. The van der Waals surface area contributed by atoms with E-state index in [0.29, 0.717) is 11.1 Å². The van der Waals surface area contributed by atoms with Crippen molar-refractivity contribution in [1.82, 2.24) is 15.6 Å². The summed E-state index contributed by atoms with van der Waals surface area (Å²) in [4.78, 5) is 12.6. The van der Waals surface area contributed by atoms with Crippen LogP contribution in [0.2, 0.25) is 0 Å². The predicted molar refractivity (Wildman–Crippen MR) is 74.4 cm³/mol. The van der Waals surface area contributed by atoms with Gasteiger partial charge < -0.3 is 4.42 Å². The van der Waals surface area contributed by atoms with E-state index in [1.54, 1.807) is 0 Å². The number of nitrogens with zero attached hydrogens (tertiary/aromatic N) is 2. The van der Waals surface area contributed by atoms with Gasteiger partial charge in [0.25, 0.3) is 11.1 Å². The molecule has 0 fully saturated rings. The van der Waals surface area contributed by atoms with E-state index >= 15 is 0 Å². The molecule has 2 rings (SSSR count). The summed E-state index contributed by atoms with van der Waals surface area (Å²) in [6.07, 6.45) is 0. The first-order valence-electron chi connectivity index (χ1n) is 5.66. The van der Waals surface area contributed by atoms with Crippen LogP contribution in [-0.2, 0) is 4.79 Å². The van der Waals surface area contributed by atoms with E-state index < -0.39 is 0 Å². The minimum atomic E-state index is -0.360. The molecule has 0 spiro atoms. The van der Waals surface area contributed by atoms with Gasteiger partial charge in [0.1, 0.15) is 0 Å². The Morgan fingerprint density at radius 3 is 2.89 bits per heavy atom. The molecule has 2 aromatic heterocycles. The van der Waals surface area contributed by atoms with E-state index in [1.807, 2.05) is 31.4 Å². The standard InChI is InChI=1S/C11H14N4O2S2/c1-6(2)8(9(16)13-12)19-11-15-14-10(17-11)7-4-3-5-18-7/h3-6,8H,12H2,1-2H3,(H,13,16). The van der Waals surface area contributed by atoms with Crippen molar-refractivity contribution in [2.75, 3.05) is 0 Å². The van der Waals surface area contributed by atoms with Crippen molar-refractivity contribution in [3.05, 3.63) is 17.5 Å². The number of hydrogen-bond acceptors (Lipinski definition) is 7. The summed E-state index contributed by atoms with van der Waals surface area (Å²) < 4.78 is 5.53. The third-order valence-electron chi connectivity index (χ3n) is 2.37. The Labute approximate surface area is 118 Å². The van der Waals surface area contributed by atoms with Crippen molar-refractivity contribution in [3.63, 3.8) is 0 Å². The molecule has 2 heterocycles. The third kappa shape index (κ3) is 3.34. The van der Waals surface area contributed by atoms with E-state index in [9.17, 15) is 4.79 Å². The van der Waals surface area contributed by atoms with Gasteiger partial charge in [0, 0.05) is 0 Å². The Bertz CT molecular complexity index is 539. The van der Waals surface area contributed by atoms with Crippen molar-refractivity contribution in [1.29, 1.82) is 0 Å². The number of nitrogens with two attached hydrogens (primary N) is 1. The van der Waals surface area contributed by atoms with Gasteiger partial charge in [0.05, 0.1) is 10.1 Å². The van der Waals surface area contributed by atoms with Gasteiger partial charge in [-0.05, 0) is 17.4 Å². The number of carbonyl (C=O) groups excluding carboxylic acids is 1. The zero-order chi connectivity index (χ0) is 13.8. The van der Waals surface area contributed by atoms with E-state index in [-0.39, 0.29) is 17.1 Å². The Morgan fingerprint density at radius 2 is 2.32 bits per heavy atom. The van der Waals surface area contributed by atoms with Crippen LogP contribution in [0.5, 0.6) is 0 Å². The SMILES string of the molecule is CC(C)C(Sc1nnc(-c2cccs2)o1)C(=O)NN. The number of carbonyl (C=O) groups is 1. The average Bonchev–Trinajstić information content (AvgIpc) is 3.05. The molecule has 0 aliphatic heterocycles. The van der Waals surface area contributed by atoms with Crippen LogP contribution in [0.1, 0.15) is 13.8 Å². The molecule has 1 atom stereocenters. The molecule has 0 aliphatic carbocycles. The molecule has 0 saturated heterocycles. The monoisotopic (exact) mass is 298 g/mol. The average molecular weight is 298 g/mol. The molecule has 0 bridgehead atoms. The van der Waals surface area contributed by atoms with Gasteiger partial charge in [0.15, 0.2) is 0 Å². The largest absolute Gasteiger partial charge is 0.410 e. The molecule has 6 nitrogen and oxygen atoms in total. The van der Waals surface area contributed by atoms with E-state index in [1.165, 1.54) is 23.1 Å². The fourth-order valence-electron chi connectivity index (χ4n) is 1.44. The first-order valence-corrected chi connectivity index (χ1v) is 7.42. The highest BCUT2D eigenvalue weighted by Gasteiger charge is 2.25. The summed E-state index contributed by atoms with van der Waals surface area (Å²) in [5.41, 5.74) is 2.15. The Kier molecular flexibility index (Phi) is 4.56. The number of rotatable bonds is 5. The number of thiophene rings is 1. The number of hydrazine groups is 1. The molecule has 0 aliphatic rings. The maximum atomic E-state index is 11.6. The summed E-state index contributed by atoms with van der Waals surface area (Å²) in [5.74, 6) is 5.48. The van der Waals surface area contributed by atoms with Crippen LogP contribution in [-0.4, -0.2) is 21.4 Å². The normalized spacial score (nSPS) is 12.6. The molecule has 1 unspecified atom stereocenters. The maximum Gasteiger partial charge on any atom is 0.277 e. The number of nitrogens with one attached hydrogen (secondary N) is 1. The van der Waals surface area contributed by atoms with Crippen LogP contribution in [0.25, 0.3) is 10.8 Å². The number of hydrogen-bond donors (Lipinski definition) is 2. The summed E-state index contributed by atoms with van der Waals surface area (Å²) >= 11 is 2.74. The second-order valence-corrected chi connectivity index (χ2v) is 6.18. The topological polar surface area (TPSA) is 94.0 Å². The summed E-state index contributed by atoms with van der Waals surface area (Å²) in [6, 6.07) is 3.81. The summed E-state index contributed by atoms with van der Waals surface area (Å²) in [6.45, 7) is 3.87. The smallest absolute Gasteiger partial charge is 0.277 e. The molecule has 0 aromatic carbocycles. The molecule has 19 heavy (non-hydrogen) atoms. The second-order valence-electron chi connectivity index (χ2n) is 4.14. The zero-order valence-corrected chi connectivity index (χ0v) is 12.1. The molecule has 0 saturated carbocycles. The van der Waals surface area contributed by atoms with Gasteiger partial charge in [-0.1, -0.05) is 31.7 Å². The molecule has 0 radical (unpaired) electrons. The Balaban J connectivity index is 2.12. The summed E-state index contributed by atoms with van der Waals surface area (Å²) in [5, 5.41) is 9.85. The lowest BCUT2D eigenvalue weighted by Crippen LogP contribution is -2.39. The Morgan fingerprint density at radius 1 is 1.53 bits per heavy atom. The van der Waals surface area contributed by atoms with E-state index in [2.05, 4.69) is 15.6 Å². The van der Waals surface area contributed by atoms with E-state index in [4.69, 9.17) is 10.3 Å². The van der Waals surface area contributed by atoms with Crippen LogP contribution in [0, 0.1) is 5.92 Å². The van der Waals surface area contributed by atoms with Gasteiger partial charge in [0.2, 0.25) is 5.91 Å². The van der Waals surface area contributed by atoms with Gasteiger partial charge in [-0.15, -0.1) is 21.5 Å². The summed E-state index contributed by atoms with van der Waals surface area (Å²) in [7, 11) is 0. The Hall–Kier alpha value is -1.38. The van der Waals surface area contributed by atoms with Crippen molar-refractivity contribution in [2.24, 2.45) is 11.8 Å². The quantitative estimate of drug-likeness (QED) is 0.379. The van der Waals surface area contributed by atoms with Crippen LogP contribution in [0.15, 0.2) is 27.2 Å². The van der Waals surface area contributed by atoms with Gasteiger partial charge in [-0.3, -0.25) is 10.2 Å². The third-order valence-corrected chi connectivity index (χ3v) is 4.61. The van der Waals surface area contributed by atoms with Gasteiger partial charge in [-0.25, -0.2) is 5.84 Å². The number of thioether (sulfide) groups is 1. The molecule has 1 amide bonds. The zero-order valence-electron chi connectivity index (χ0n) is 10.5. The lowest BCUT2D eigenvalue weighted by Gasteiger charge is -2.15. The first-order chi connectivity index (χ1) is 9.11. The highest BCUT2D eigenvalue weighted by atomic mass is 32.2. The molecular weight excluding hydrogens is 284 g/mol. The van der Waals surface area contributed by atoms with Crippen LogP contribution >= 0.6 is 23.1 Å². The highest BCUT2D eigenvalue weighted by molar-refractivity contribution is 8.00. The van der Waals surface area contributed by atoms with Gasteiger partial charge in [-0.2, -0.15) is 0 Å². The maximum absolute atomic E-state index is 11.6. The molecule has 2 aromatic rings. The number of aromatic nitrogens is 2. The van der Waals surface area contributed by atoms with Crippen molar-refractivity contribution >= 4 is 29.0 Å². The van der Waals surface area contributed by atoms with Crippen LogP contribution in [0.3, 0.4) is 0 Å². The highest BCUT2D eigenvalue weighted by Crippen LogP contribution is 2.30. The number of amides is 1. The van der Waals surface area contributed by atoms with Crippen LogP contribution in [0.4, 0.5) is 0 Å². The minimum absolute atomic E-state index is 0.102. The van der Waals surface area contributed by atoms with Crippen molar-refractivity contribution < 1.29 is 9.21 Å². The molecule has 102 valence electrons. The van der Waals surface area contributed by atoms with E-state index in [0.717, 1.165) is 4.88 Å². The van der Waals surface area contributed by atoms with Gasteiger partial charge >= 0.3 is 0 Å². The molecule has 3 N–H and O–H groups in total. The molecular formula is C11H14N4O2S2. The minimum Gasteiger partial charge on any atom is -0.410 e. The lowest BCUT2D eigenvalue weighted by atomic mass is 10.1.